The number of hydrogen-bond acceptors (Lipinski definition) is 5. The number of Topliss-reactive ketones (excluding diaryl/α,β-unsaturated/α-hetero) is 1. The number of rotatable bonds is 4. The van der Waals surface area contributed by atoms with Crippen molar-refractivity contribution >= 4 is 11.8 Å². The quantitative estimate of drug-likeness (QED) is 0.474. The van der Waals surface area contributed by atoms with E-state index in [1.807, 2.05) is 13.8 Å². The van der Waals surface area contributed by atoms with Crippen molar-refractivity contribution in [1.82, 2.24) is 0 Å². The lowest BCUT2D eigenvalue weighted by Gasteiger charge is -2.12. The average Bonchev–Trinajstić information content (AvgIpc) is 2.83. The molecule has 2 rings (SSSR count). The molecule has 0 bridgehead atoms. The molecule has 0 aromatic heterocycles. The van der Waals surface area contributed by atoms with Crippen LogP contribution in [0.5, 0.6) is 11.5 Å². The number of ketones is 1. The molecule has 0 amide bonds. The molecule has 0 saturated carbocycles. The predicted molar refractivity (Wildman–Crippen MR) is 67.6 cm³/mol. The summed E-state index contributed by atoms with van der Waals surface area (Å²) in [4.78, 5) is 23.7. The van der Waals surface area contributed by atoms with E-state index in [-0.39, 0.29) is 19.3 Å². The van der Waals surface area contributed by atoms with E-state index >= 15 is 0 Å². The molecule has 1 aliphatic heterocycles. The maximum Gasteiger partial charge on any atom is 0.379 e. The number of fused-ring (bicyclic) bond motifs is 1. The van der Waals surface area contributed by atoms with Crippen LogP contribution >= 0.6 is 0 Å². The van der Waals surface area contributed by atoms with Gasteiger partial charge >= 0.3 is 5.97 Å². The van der Waals surface area contributed by atoms with Crippen molar-refractivity contribution in [2.24, 2.45) is 0 Å². The molecular weight excluding hydrogens is 248 g/mol. The van der Waals surface area contributed by atoms with Crippen molar-refractivity contribution in [3.05, 3.63) is 23.3 Å². The summed E-state index contributed by atoms with van der Waals surface area (Å²) in [6.07, 6.45) is 0. The second kappa shape index (κ2) is 5.30. The number of carbonyl (C=O) groups is 2. The molecule has 1 aliphatic rings. The van der Waals surface area contributed by atoms with Crippen LogP contribution in [0.3, 0.4) is 0 Å². The third-order valence-corrected chi connectivity index (χ3v) is 2.87. The van der Waals surface area contributed by atoms with E-state index in [2.05, 4.69) is 0 Å². The Morgan fingerprint density at radius 1 is 1.26 bits per heavy atom. The lowest BCUT2D eigenvalue weighted by molar-refractivity contribution is -0.137. The van der Waals surface area contributed by atoms with Crippen LogP contribution in [0.2, 0.25) is 0 Å². The van der Waals surface area contributed by atoms with Crippen LogP contribution in [0.15, 0.2) is 12.1 Å². The minimum absolute atomic E-state index is 0.0860. The highest BCUT2D eigenvalue weighted by molar-refractivity contribution is 6.41. The first-order valence-electron chi connectivity index (χ1n) is 6.19. The van der Waals surface area contributed by atoms with Crippen LogP contribution in [0, 0.1) is 0 Å². The second-order valence-electron chi connectivity index (χ2n) is 4.50. The summed E-state index contributed by atoms with van der Waals surface area (Å²) in [5.41, 5.74) is 1.07. The van der Waals surface area contributed by atoms with Gasteiger partial charge in [0.05, 0.1) is 6.61 Å². The predicted octanol–water partition coefficient (Wildman–Crippen LogP) is 2.28. The number of esters is 1. The van der Waals surface area contributed by atoms with Crippen LogP contribution in [0.25, 0.3) is 0 Å². The molecule has 0 unspecified atom stereocenters. The molecule has 1 aromatic rings. The summed E-state index contributed by atoms with van der Waals surface area (Å²) in [6.45, 7) is 5.85. The Balaban J connectivity index is 2.43. The standard InChI is InChI=1S/C14H16O5/c1-4-17-14(16)13(15)10-6-12-11(18-7-19-12)5-9(10)8(2)3/h5-6,8H,4,7H2,1-3H3. The molecule has 0 N–H and O–H groups in total. The molecule has 0 spiro atoms. The molecule has 1 aromatic carbocycles. The molecule has 0 saturated heterocycles. The van der Waals surface area contributed by atoms with E-state index in [0.717, 1.165) is 5.56 Å². The number of benzene rings is 1. The first kappa shape index (κ1) is 13.4. The third-order valence-electron chi connectivity index (χ3n) is 2.87. The van der Waals surface area contributed by atoms with Gasteiger partial charge in [-0.25, -0.2) is 4.79 Å². The number of hydrogen-bond donors (Lipinski definition) is 0. The summed E-state index contributed by atoms with van der Waals surface area (Å²) in [5.74, 6) is -0.323. The van der Waals surface area contributed by atoms with E-state index < -0.39 is 11.8 Å². The summed E-state index contributed by atoms with van der Waals surface area (Å²) in [5, 5.41) is 0. The molecule has 1 heterocycles. The molecule has 102 valence electrons. The van der Waals surface area contributed by atoms with Crippen molar-refractivity contribution in [1.29, 1.82) is 0 Å². The summed E-state index contributed by atoms with van der Waals surface area (Å²) >= 11 is 0. The Labute approximate surface area is 111 Å². The molecule has 19 heavy (non-hydrogen) atoms. The largest absolute Gasteiger partial charge is 0.460 e. The van der Waals surface area contributed by atoms with Crippen molar-refractivity contribution < 1.29 is 23.8 Å². The first-order chi connectivity index (χ1) is 9.04. The highest BCUT2D eigenvalue weighted by Crippen LogP contribution is 2.37. The zero-order chi connectivity index (χ0) is 14.0. The highest BCUT2D eigenvalue weighted by Gasteiger charge is 2.26. The Morgan fingerprint density at radius 3 is 2.47 bits per heavy atom. The third kappa shape index (κ3) is 2.54. The van der Waals surface area contributed by atoms with Crippen LogP contribution in [-0.2, 0) is 9.53 Å². The van der Waals surface area contributed by atoms with Gasteiger partial charge < -0.3 is 14.2 Å². The number of carbonyl (C=O) groups excluding carboxylic acids is 2. The molecule has 0 fully saturated rings. The van der Waals surface area contributed by atoms with Crippen molar-refractivity contribution in [2.45, 2.75) is 26.7 Å². The zero-order valence-corrected chi connectivity index (χ0v) is 11.2. The average molecular weight is 264 g/mol. The topological polar surface area (TPSA) is 61.8 Å². The minimum Gasteiger partial charge on any atom is -0.460 e. The van der Waals surface area contributed by atoms with Crippen molar-refractivity contribution in [3.63, 3.8) is 0 Å². The Morgan fingerprint density at radius 2 is 1.89 bits per heavy atom. The van der Waals surface area contributed by atoms with Crippen LogP contribution in [0.1, 0.15) is 42.6 Å². The normalized spacial score (nSPS) is 12.6. The summed E-state index contributed by atoms with van der Waals surface area (Å²) < 4.78 is 15.3. The minimum atomic E-state index is -0.844. The Bertz CT molecular complexity index is 519. The van der Waals surface area contributed by atoms with Gasteiger partial charge in [-0.3, -0.25) is 4.79 Å². The van der Waals surface area contributed by atoms with Gasteiger partial charge in [0.15, 0.2) is 11.5 Å². The molecule has 0 radical (unpaired) electrons. The van der Waals surface area contributed by atoms with Crippen LogP contribution in [0.4, 0.5) is 0 Å². The molecule has 0 atom stereocenters. The molecule has 0 aliphatic carbocycles. The SMILES string of the molecule is CCOC(=O)C(=O)c1cc2c(cc1C(C)C)OCO2. The van der Waals surface area contributed by atoms with Crippen molar-refractivity contribution in [3.8, 4) is 11.5 Å². The fraction of sp³-hybridized carbons (Fsp3) is 0.429. The van der Waals surface area contributed by atoms with Gasteiger partial charge in [-0.15, -0.1) is 0 Å². The maximum atomic E-state index is 12.1. The van der Waals surface area contributed by atoms with Gasteiger partial charge in [-0.05, 0) is 30.5 Å². The van der Waals surface area contributed by atoms with Gasteiger partial charge in [0.25, 0.3) is 5.78 Å². The lowest BCUT2D eigenvalue weighted by atomic mass is 9.94. The van der Waals surface area contributed by atoms with Crippen LogP contribution in [-0.4, -0.2) is 25.2 Å². The van der Waals surface area contributed by atoms with Gasteiger partial charge in [-0.2, -0.15) is 0 Å². The van der Waals surface area contributed by atoms with Gasteiger partial charge in [0, 0.05) is 5.56 Å². The maximum absolute atomic E-state index is 12.1. The second-order valence-corrected chi connectivity index (χ2v) is 4.50. The fourth-order valence-corrected chi connectivity index (χ4v) is 1.94. The van der Waals surface area contributed by atoms with Gasteiger partial charge in [0.2, 0.25) is 6.79 Å². The van der Waals surface area contributed by atoms with Gasteiger partial charge in [-0.1, -0.05) is 13.8 Å². The van der Waals surface area contributed by atoms with E-state index in [1.165, 1.54) is 0 Å². The smallest absolute Gasteiger partial charge is 0.379 e. The monoisotopic (exact) mass is 264 g/mol. The van der Waals surface area contributed by atoms with E-state index in [4.69, 9.17) is 14.2 Å². The van der Waals surface area contributed by atoms with E-state index in [9.17, 15) is 9.59 Å². The highest BCUT2D eigenvalue weighted by atomic mass is 16.7. The Hall–Kier alpha value is -2.04. The Kier molecular flexibility index (Phi) is 3.74. The molecule has 5 heteroatoms. The van der Waals surface area contributed by atoms with Crippen molar-refractivity contribution in [2.75, 3.05) is 13.4 Å². The fourth-order valence-electron chi connectivity index (χ4n) is 1.94. The first-order valence-corrected chi connectivity index (χ1v) is 6.19. The van der Waals surface area contributed by atoms with E-state index in [0.29, 0.717) is 17.1 Å². The summed E-state index contributed by atoms with van der Waals surface area (Å²) in [6, 6.07) is 3.30. The number of ether oxygens (including phenoxy) is 3. The van der Waals surface area contributed by atoms with Gasteiger partial charge in [0.1, 0.15) is 0 Å². The zero-order valence-electron chi connectivity index (χ0n) is 11.2. The lowest BCUT2D eigenvalue weighted by Crippen LogP contribution is -2.19. The summed E-state index contributed by atoms with van der Waals surface area (Å²) in [7, 11) is 0. The van der Waals surface area contributed by atoms with E-state index in [1.54, 1.807) is 19.1 Å². The molecule has 5 nitrogen and oxygen atoms in total. The van der Waals surface area contributed by atoms with Crippen LogP contribution < -0.4 is 9.47 Å². The molecular formula is C14H16O5.